The monoisotopic (exact) mass is 289 g/mol. The first-order valence-electron chi connectivity index (χ1n) is 7.71. The van der Waals surface area contributed by atoms with Crippen LogP contribution in [0.5, 0.6) is 0 Å². The van der Waals surface area contributed by atoms with E-state index in [-0.39, 0.29) is 17.8 Å². The molecule has 1 aromatic rings. The highest BCUT2D eigenvalue weighted by Gasteiger charge is 2.30. The molecule has 21 heavy (non-hydrogen) atoms. The Hall–Kier alpha value is -1.84. The quantitative estimate of drug-likeness (QED) is 0.801. The topological polar surface area (TPSA) is 46.6 Å². The van der Waals surface area contributed by atoms with Crippen molar-refractivity contribution in [3.05, 3.63) is 35.4 Å². The average molecular weight is 289 g/mol. The number of amides is 1. The van der Waals surface area contributed by atoms with Gasteiger partial charge in [-0.25, -0.2) is 0 Å². The molecule has 1 heterocycles. The van der Waals surface area contributed by atoms with Gasteiger partial charge in [0, 0.05) is 18.7 Å². The van der Waals surface area contributed by atoms with Crippen LogP contribution >= 0.6 is 0 Å². The number of likely N-dealkylation sites (tertiary alicyclic amines) is 1. The maximum Gasteiger partial charge on any atom is 0.310 e. The fourth-order valence-corrected chi connectivity index (χ4v) is 2.82. The van der Waals surface area contributed by atoms with Crippen LogP contribution in [-0.2, 0) is 16.0 Å². The van der Waals surface area contributed by atoms with Gasteiger partial charge >= 0.3 is 5.97 Å². The molecule has 0 radical (unpaired) electrons. The molecule has 0 bridgehead atoms. The number of ether oxygens (including phenoxy) is 1. The number of carbonyl (C=O) groups is 2. The van der Waals surface area contributed by atoms with Crippen molar-refractivity contribution in [3.63, 3.8) is 0 Å². The van der Waals surface area contributed by atoms with Crippen molar-refractivity contribution in [1.29, 1.82) is 0 Å². The van der Waals surface area contributed by atoms with Crippen LogP contribution in [0.3, 0.4) is 0 Å². The van der Waals surface area contributed by atoms with Gasteiger partial charge < -0.3 is 9.64 Å². The van der Waals surface area contributed by atoms with Crippen molar-refractivity contribution in [2.24, 2.45) is 5.92 Å². The Morgan fingerprint density at radius 3 is 2.76 bits per heavy atom. The van der Waals surface area contributed by atoms with Crippen LogP contribution in [0.4, 0.5) is 0 Å². The van der Waals surface area contributed by atoms with Gasteiger partial charge in [-0.05, 0) is 37.8 Å². The van der Waals surface area contributed by atoms with Gasteiger partial charge in [-0.1, -0.05) is 25.1 Å². The van der Waals surface area contributed by atoms with Gasteiger partial charge in [-0.15, -0.1) is 0 Å². The van der Waals surface area contributed by atoms with Crippen LogP contribution in [0, 0.1) is 5.92 Å². The second-order valence-electron chi connectivity index (χ2n) is 5.35. The maximum absolute atomic E-state index is 12.7. The van der Waals surface area contributed by atoms with E-state index in [0.717, 1.165) is 30.4 Å². The molecule has 0 aliphatic carbocycles. The lowest BCUT2D eigenvalue weighted by Gasteiger charge is -2.32. The number of esters is 1. The molecule has 1 saturated heterocycles. The first-order valence-corrected chi connectivity index (χ1v) is 7.71. The van der Waals surface area contributed by atoms with E-state index in [0.29, 0.717) is 19.7 Å². The number of benzene rings is 1. The Kier molecular flexibility index (Phi) is 5.37. The summed E-state index contributed by atoms with van der Waals surface area (Å²) in [5.41, 5.74) is 1.81. The minimum Gasteiger partial charge on any atom is -0.466 e. The van der Waals surface area contributed by atoms with E-state index < -0.39 is 0 Å². The van der Waals surface area contributed by atoms with Crippen molar-refractivity contribution >= 4 is 11.9 Å². The number of hydrogen-bond acceptors (Lipinski definition) is 3. The second kappa shape index (κ2) is 7.25. The number of rotatable bonds is 4. The van der Waals surface area contributed by atoms with Crippen LogP contribution in [0.25, 0.3) is 0 Å². The zero-order valence-corrected chi connectivity index (χ0v) is 12.8. The lowest BCUT2D eigenvalue weighted by atomic mass is 9.96. The van der Waals surface area contributed by atoms with Crippen LogP contribution in [0.2, 0.25) is 0 Å². The van der Waals surface area contributed by atoms with Crippen LogP contribution in [0.15, 0.2) is 24.3 Å². The van der Waals surface area contributed by atoms with E-state index in [9.17, 15) is 9.59 Å². The molecule has 4 heteroatoms. The van der Waals surface area contributed by atoms with Crippen LogP contribution < -0.4 is 0 Å². The van der Waals surface area contributed by atoms with Crippen molar-refractivity contribution in [2.45, 2.75) is 33.1 Å². The van der Waals surface area contributed by atoms with Crippen molar-refractivity contribution in [2.75, 3.05) is 19.7 Å². The zero-order valence-electron chi connectivity index (χ0n) is 12.8. The number of piperidine rings is 1. The van der Waals surface area contributed by atoms with Crippen molar-refractivity contribution in [3.8, 4) is 0 Å². The molecule has 2 rings (SSSR count). The predicted octanol–water partition coefficient (Wildman–Crippen LogP) is 2.66. The largest absolute Gasteiger partial charge is 0.466 e. The molecule has 0 saturated carbocycles. The van der Waals surface area contributed by atoms with E-state index in [1.807, 2.05) is 31.2 Å². The van der Waals surface area contributed by atoms with Gasteiger partial charge in [0.1, 0.15) is 0 Å². The molecule has 1 aromatic carbocycles. The van der Waals surface area contributed by atoms with Gasteiger partial charge in [0.25, 0.3) is 5.91 Å². The second-order valence-corrected chi connectivity index (χ2v) is 5.35. The highest BCUT2D eigenvalue weighted by molar-refractivity contribution is 5.96. The highest BCUT2D eigenvalue weighted by Crippen LogP contribution is 2.21. The number of aryl methyl sites for hydroxylation is 1. The first-order chi connectivity index (χ1) is 10.2. The summed E-state index contributed by atoms with van der Waals surface area (Å²) in [6.45, 7) is 5.43. The summed E-state index contributed by atoms with van der Waals surface area (Å²) in [4.78, 5) is 26.3. The van der Waals surface area contributed by atoms with Gasteiger partial charge in [-0.2, -0.15) is 0 Å². The Morgan fingerprint density at radius 2 is 2.05 bits per heavy atom. The molecule has 0 spiro atoms. The SMILES string of the molecule is CCOC(=O)[C@@H]1CCCN(C(=O)c2ccccc2CC)C1. The van der Waals surface area contributed by atoms with Gasteiger partial charge in [0.15, 0.2) is 0 Å². The summed E-state index contributed by atoms with van der Waals surface area (Å²) >= 11 is 0. The van der Waals surface area contributed by atoms with Crippen molar-refractivity contribution < 1.29 is 14.3 Å². The highest BCUT2D eigenvalue weighted by atomic mass is 16.5. The van der Waals surface area contributed by atoms with Crippen molar-refractivity contribution in [1.82, 2.24) is 4.90 Å². The standard InChI is InChI=1S/C17H23NO3/c1-3-13-8-5-6-10-15(13)16(19)18-11-7-9-14(12-18)17(20)21-4-2/h5-6,8,10,14H,3-4,7,9,11-12H2,1-2H3/t14-/m1/s1. The molecule has 0 aromatic heterocycles. The predicted molar refractivity (Wildman–Crippen MR) is 81.1 cm³/mol. The van der Waals surface area contributed by atoms with E-state index in [1.54, 1.807) is 11.8 Å². The number of nitrogens with zero attached hydrogens (tertiary/aromatic N) is 1. The molecular weight excluding hydrogens is 266 g/mol. The van der Waals surface area contributed by atoms with E-state index in [2.05, 4.69) is 0 Å². The smallest absolute Gasteiger partial charge is 0.310 e. The average Bonchev–Trinajstić information content (AvgIpc) is 2.54. The number of carbonyl (C=O) groups excluding carboxylic acids is 2. The molecule has 0 unspecified atom stereocenters. The Bertz CT molecular complexity index is 513. The lowest BCUT2D eigenvalue weighted by Crippen LogP contribution is -2.43. The molecule has 1 aliphatic rings. The summed E-state index contributed by atoms with van der Waals surface area (Å²) < 4.78 is 5.08. The molecule has 1 amide bonds. The molecular formula is C17H23NO3. The minimum atomic E-state index is -0.184. The Morgan fingerprint density at radius 1 is 1.29 bits per heavy atom. The Labute approximate surface area is 126 Å². The third-order valence-electron chi connectivity index (χ3n) is 3.96. The number of hydrogen-bond donors (Lipinski definition) is 0. The van der Waals surface area contributed by atoms with Gasteiger partial charge in [0.05, 0.1) is 12.5 Å². The lowest BCUT2D eigenvalue weighted by molar-refractivity contribution is -0.149. The third-order valence-corrected chi connectivity index (χ3v) is 3.96. The van der Waals surface area contributed by atoms with Crippen LogP contribution in [0.1, 0.15) is 42.6 Å². The fourth-order valence-electron chi connectivity index (χ4n) is 2.82. The van der Waals surface area contributed by atoms with E-state index >= 15 is 0 Å². The zero-order chi connectivity index (χ0) is 15.2. The summed E-state index contributed by atoms with van der Waals surface area (Å²) in [7, 11) is 0. The normalized spacial score (nSPS) is 18.4. The summed E-state index contributed by atoms with van der Waals surface area (Å²) in [5.74, 6) is -0.336. The summed E-state index contributed by atoms with van der Waals surface area (Å²) in [6.07, 6.45) is 2.48. The fraction of sp³-hybridized carbons (Fsp3) is 0.529. The Balaban J connectivity index is 2.10. The first kappa shape index (κ1) is 15.5. The summed E-state index contributed by atoms with van der Waals surface area (Å²) in [5, 5.41) is 0. The molecule has 1 fully saturated rings. The molecule has 1 aliphatic heterocycles. The molecule has 1 atom stereocenters. The van der Waals surface area contributed by atoms with Gasteiger partial charge in [-0.3, -0.25) is 9.59 Å². The summed E-state index contributed by atoms with van der Waals surface area (Å²) in [6, 6.07) is 7.70. The third kappa shape index (κ3) is 3.63. The minimum absolute atomic E-state index is 0.0291. The van der Waals surface area contributed by atoms with Gasteiger partial charge in [0.2, 0.25) is 0 Å². The molecule has 4 nitrogen and oxygen atoms in total. The van der Waals surface area contributed by atoms with E-state index in [4.69, 9.17) is 4.74 Å². The molecule has 0 N–H and O–H groups in total. The van der Waals surface area contributed by atoms with Crippen LogP contribution in [-0.4, -0.2) is 36.5 Å². The molecule has 114 valence electrons. The maximum atomic E-state index is 12.7. The van der Waals surface area contributed by atoms with E-state index in [1.165, 1.54) is 0 Å².